The first-order chi connectivity index (χ1) is 7.86. The molecule has 0 aliphatic carbocycles. The molecule has 0 aliphatic heterocycles. The third-order valence-electron chi connectivity index (χ3n) is 2.07. The average molecular weight is 259 g/mol. The van der Waals surface area contributed by atoms with E-state index in [1.54, 1.807) is 0 Å². The van der Waals surface area contributed by atoms with Crippen molar-refractivity contribution in [2.75, 3.05) is 0 Å². The Balaban J connectivity index is 3.51. The van der Waals surface area contributed by atoms with Gasteiger partial charge >= 0.3 is 17.9 Å². The highest BCUT2D eigenvalue weighted by Crippen LogP contribution is 2.29. The summed E-state index contributed by atoms with van der Waals surface area (Å²) in [5.41, 5.74) is -0.867. The van der Waals surface area contributed by atoms with Crippen LogP contribution in [0, 0.1) is 0 Å². The molecule has 0 saturated carbocycles. The standard InChI is InChI=1S/C10H7ClO6/c11-5-3-1-2-4(8(12)13)6(5)7(9(14)15)10(16)17/h1-3,7H,(H,12,13)(H,14,15)(H,16,17). The summed E-state index contributed by atoms with van der Waals surface area (Å²) in [6.45, 7) is 0. The van der Waals surface area contributed by atoms with Crippen molar-refractivity contribution < 1.29 is 29.7 Å². The maximum atomic E-state index is 10.9. The zero-order valence-electron chi connectivity index (χ0n) is 8.25. The molecule has 90 valence electrons. The van der Waals surface area contributed by atoms with Crippen molar-refractivity contribution in [1.29, 1.82) is 0 Å². The molecule has 0 atom stereocenters. The summed E-state index contributed by atoms with van der Waals surface area (Å²) >= 11 is 5.67. The van der Waals surface area contributed by atoms with Crippen molar-refractivity contribution in [3.63, 3.8) is 0 Å². The minimum atomic E-state index is -2.00. The summed E-state index contributed by atoms with van der Waals surface area (Å²) in [7, 11) is 0. The molecule has 7 heteroatoms. The Kier molecular flexibility index (Phi) is 3.69. The molecule has 0 bridgehead atoms. The molecular formula is C10H7ClO6. The number of hydrogen-bond acceptors (Lipinski definition) is 3. The van der Waals surface area contributed by atoms with Gasteiger partial charge < -0.3 is 15.3 Å². The second-order valence-electron chi connectivity index (χ2n) is 3.12. The van der Waals surface area contributed by atoms with E-state index in [1.165, 1.54) is 12.1 Å². The topological polar surface area (TPSA) is 112 Å². The van der Waals surface area contributed by atoms with Gasteiger partial charge in [0.25, 0.3) is 0 Å². The van der Waals surface area contributed by atoms with Crippen LogP contribution in [0.3, 0.4) is 0 Å². The highest BCUT2D eigenvalue weighted by molar-refractivity contribution is 6.32. The third-order valence-corrected chi connectivity index (χ3v) is 2.40. The highest BCUT2D eigenvalue weighted by Gasteiger charge is 2.33. The Labute approximate surface area is 100 Å². The van der Waals surface area contributed by atoms with E-state index in [0.29, 0.717) is 0 Å². The van der Waals surface area contributed by atoms with Crippen LogP contribution in [0.4, 0.5) is 0 Å². The van der Waals surface area contributed by atoms with Crippen molar-refractivity contribution in [1.82, 2.24) is 0 Å². The van der Waals surface area contributed by atoms with E-state index in [9.17, 15) is 14.4 Å². The fourth-order valence-electron chi connectivity index (χ4n) is 1.37. The fourth-order valence-corrected chi connectivity index (χ4v) is 1.65. The first kappa shape index (κ1) is 13.0. The highest BCUT2D eigenvalue weighted by atomic mass is 35.5. The van der Waals surface area contributed by atoms with E-state index in [1.807, 2.05) is 0 Å². The number of carboxylic acids is 3. The normalized spacial score (nSPS) is 10.2. The lowest BCUT2D eigenvalue weighted by Gasteiger charge is -2.12. The van der Waals surface area contributed by atoms with Crippen LogP contribution in [-0.4, -0.2) is 33.2 Å². The molecule has 0 unspecified atom stereocenters. The number of rotatable bonds is 4. The monoisotopic (exact) mass is 258 g/mol. The molecule has 0 heterocycles. The van der Waals surface area contributed by atoms with Crippen LogP contribution in [0.25, 0.3) is 0 Å². The first-order valence-corrected chi connectivity index (χ1v) is 4.71. The average Bonchev–Trinajstić information content (AvgIpc) is 2.19. The largest absolute Gasteiger partial charge is 0.480 e. The molecule has 17 heavy (non-hydrogen) atoms. The Hall–Kier alpha value is -2.08. The van der Waals surface area contributed by atoms with Gasteiger partial charge in [0.05, 0.1) is 5.56 Å². The molecule has 0 spiro atoms. The van der Waals surface area contributed by atoms with Crippen LogP contribution in [0.1, 0.15) is 21.8 Å². The number of benzene rings is 1. The molecular weight excluding hydrogens is 252 g/mol. The summed E-state index contributed by atoms with van der Waals surface area (Å²) in [6, 6.07) is 3.64. The summed E-state index contributed by atoms with van der Waals surface area (Å²) in [5.74, 6) is -6.79. The number of aromatic carboxylic acids is 1. The van der Waals surface area contributed by atoms with Crippen molar-refractivity contribution >= 4 is 29.5 Å². The van der Waals surface area contributed by atoms with Crippen LogP contribution in [0.2, 0.25) is 5.02 Å². The van der Waals surface area contributed by atoms with E-state index in [2.05, 4.69) is 0 Å². The zero-order chi connectivity index (χ0) is 13.2. The Morgan fingerprint density at radius 1 is 1.06 bits per heavy atom. The Morgan fingerprint density at radius 2 is 1.59 bits per heavy atom. The number of halogens is 1. The summed E-state index contributed by atoms with van der Waals surface area (Å²) in [5, 5.41) is 26.2. The van der Waals surface area contributed by atoms with Gasteiger partial charge in [-0.3, -0.25) is 9.59 Å². The molecule has 0 amide bonds. The molecule has 0 aromatic heterocycles. The van der Waals surface area contributed by atoms with Gasteiger partial charge in [-0.25, -0.2) is 4.79 Å². The Morgan fingerprint density at radius 3 is 2.00 bits per heavy atom. The number of carboxylic acid groups (broad SMARTS) is 3. The van der Waals surface area contributed by atoms with Gasteiger partial charge in [0.15, 0.2) is 5.92 Å². The van der Waals surface area contributed by atoms with Gasteiger partial charge in [0.2, 0.25) is 0 Å². The van der Waals surface area contributed by atoms with E-state index in [0.717, 1.165) is 6.07 Å². The number of hydrogen-bond donors (Lipinski definition) is 3. The first-order valence-electron chi connectivity index (χ1n) is 4.33. The van der Waals surface area contributed by atoms with Gasteiger partial charge in [-0.2, -0.15) is 0 Å². The SMILES string of the molecule is O=C(O)c1cccc(Cl)c1C(C(=O)O)C(=O)O. The van der Waals surface area contributed by atoms with E-state index < -0.39 is 35.0 Å². The van der Waals surface area contributed by atoms with Crippen LogP contribution in [0.15, 0.2) is 18.2 Å². The lowest BCUT2D eigenvalue weighted by Crippen LogP contribution is -2.23. The minimum Gasteiger partial charge on any atom is -0.480 e. The zero-order valence-corrected chi connectivity index (χ0v) is 9.01. The van der Waals surface area contributed by atoms with E-state index in [-0.39, 0.29) is 5.02 Å². The molecule has 0 saturated heterocycles. The smallest absolute Gasteiger partial charge is 0.336 e. The quantitative estimate of drug-likeness (QED) is 0.702. The van der Waals surface area contributed by atoms with Crippen molar-refractivity contribution in [3.8, 4) is 0 Å². The van der Waals surface area contributed by atoms with Gasteiger partial charge in [0, 0.05) is 10.6 Å². The number of carbonyl (C=O) groups is 3. The fraction of sp³-hybridized carbons (Fsp3) is 0.100. The van der Waals surface area contributed by atoms with Gasteiger partial charge in [-0.15, -0.1) is 0 Å². The molecule has 1 aromatic carbocycles. The second kappa shape index (κ2) is 4.84. The predicted octanol–water partition coefficient (Wildman–Crippen LogP) is 1.29. The van der Waals surface area contributed by atoms with Crippen LogP contribution < -0.4 is 0 Å². The third kappa shape index (κ3) is 2.54. The molecule has 0 radical (unpaired) electrons. The lowest BCUT2D eigenvalue weighted by atomic mass is 9.94. The maximum Gasteiger partial charge on any atom is 0.336 e. The van der Waals surface area contributed by atoms with E-state index in [4.69, 9.17) is 26.9 Å². The molecule has 1 aromatic rings. The molecule has 1 rings (SSSR count). The van der Waals surface area contributed by atoms with Gasteiger partial charge in [-0.1, -0.05) is 17.7 Å². The van der Waals surface area contributed by atoms with Gasteiger partial charge in [0.1, 0.15) is 0 Å². The summed E-state index contributed by atoms with van der Waals surface area (Å²) in [6.07, 6.45) is 0. The number of aliphatic carboxylic acids is 2. The summed E-state index contributed by atoms with van der Waals surface area (Å²) < 4.78 is 0. The lowest BCUT2D eigenvalue weighted by molar-refractivity contribution is -0.150. The van der Waals surface area contributed by atoms with Crippen LogP contribution >= 0.6 is 11.6 Å². The minimum absolute atomic E-state index is 0.209. The summed E-state index contributed by atoms with van der Waals surface area (Å²) in [4.78, 5) is 32.6. The van der Waals surface area contributed by atoms with Gasteiger partial charge in [-0.05, 0) is 12.1 Å². The van der Waals surface area contributed by atoms with E-state index >= 15 is 0 Å². The van der Waals surface area contributed by atoms with Crippen molar-refractivity contribution in [2.45, 2.75) is 5.92 Å². The molecule has 6 nitrogen and oxygen atoms in total. The maximum absolute atomic E-state index is 10.9. The van der Waals surface area contributed by atoms with Crippen molar-refractivity contribution in [3.05, 3.63) is 34.3 Å². The van der Waals surface area contributed by atoms with Crippen LogP contribution in [-0.2, 0) is 9.59 Å². The molecule has 0 aliphatic rings. The predicted molar refractivity (Wildman–Crippen MR) is 56.4 cm³/mol. The van der Waals surface area contributed by atoms with Crippen LogP contribution in [0.5, 0.6) is 0 Å². The van der Waals surface area contributed by atoms with Crippen molar-refractivity contribution in [2.24, 2.45) is 0 Å². The molecule has 0 fully saturated rings. The second-order valence-corrected chi connectivity index (χ2v) is 3.52. The molecule has 3 N–H and O–H groups in total. The Bertz CT molecular complexity index is 482.